The zero-order valence-corrected chi connectivity index (χ0v) is 10.7. The van der Waals surface area contributed by atoms with Gasteiger partial charge in [-0.15, -0.1) is 0 Å². The van der Waals surface area contributed by atoms with Crippen LogP contribution in [0.3, 0.4) is 0 Å². The Balaban J connectivity index is 2.04. The number of nitrogens with zero attached hydrogens (tertiary/aromatic N) is 1. The van der Waals surface area contributed by atoms with E-state index in [2.05, 4.69) is 27.8 Å². The van der Waals surface area contributed by atoms with Crippen LogP contribution in [0, 0.1) is 6.92 Å². The molecule has 0 radical (unpaired) electrons. The normalized spacial score (nSPS) is 10.5. The molecule has 3 N–H and O–H groups in total. The standard InChI is InChI=1S/C12H22N4O/c1-3-6-13-9-12(17)14-7-4-5-11-8-15-16-10(11)2/h8,13H,3-7,9H2,1-2H3,(H,14,17)(H,15,16). The highest BCUT2D eigenvalue weighted by Crippen LogP contribution is 2.04. The Morgan fingerprint density at radius 3 is 2.94 bits per heavy atom. The van der Waals surface area contributed by atoms with Crippen molar-refractivity contribution in [2.24, 2.45) is 0 Å². The fourth-order valence-corrected chi connectivity index (χ4v) is 1.58. The van der Waals surface area contributed by atoms with Gasteiger partial charge in [0, 0.05) is 12.2 Å². The molecule has 1 rings (SSSR count). The zero-order chi connectivity index (χ0) is 12.5. The Morgan fingerprint density at radius 2 is 2.29 bits per heavy atom. The third-order valence-corrected chi connectivity index (χ3v) is 2.59. The number of aromatic nitrogens is 2. The Kier molecular flexibility index (Phi) is 6.32. The van der Waals surface area contributed by atoms with Gasteiger partial charge in [0.2, 0.25) is 5.91 Å². The van der Waals surface area contributed by atoms with Gasteiger partial charge in [-0.05, 0) is 38.3 Å². The topological polar surface area (TPSA) is 69.8 Å². The largest absolute Gasteiger partial charge is 0.355 e. The zero-order valence-electron chi connectivity index (χ0n) is 10.7. The van der Waals surface area contributed by atoms with Crippen LogP contribution in [-0.2, 0) is 11.2 Å². The van der Waals surface area contributed by atoms with Gasteiger partial charge in [-0.2, -0.15) is 5.10 Å². The van der Waals surface area contributed by atoms with Crippen molar-refractivity contribution < 1.29 is 4.79 Å². The summed E-state index contributed by atoms with van der Waals surface area (Å²) in [5.41, 5.74) is 2.34. The van der Waals surface area contributed by atoms with Gasteiger partial charge in [-0.3, -0.25) is 9.89 Å². The second-order valence-corrected chi connectivity index (χ2v) is 4.15. The van der Waals surface area contributed by atoms with Crippen LogP contribution in [0.5, 0.6) is 0 Å². The lowest BCUT2D eigenvalue weighted by molar-refractivity contribution is -0.120. The summed E-state index contributed by atoms with van der Waals surface area (Å²) >= 11 is 0. The molecule has 5 heteroatoms. The lowest BCUT2D eigenvalue weighted by Gasteiger charge is -2.05. The maximum absolute atomic E-state index is 11.4. The molecule has 0 bridgehead atoms. The average Bonchev–Trinajstić information content (AvgIpc) is 2.71. The van der Waals surface area contributed by atoms with Gasteiger partial charge in [0.25, 0.3) is 0 Å². The lowest BCUT2D eigenvalue weighted by atomic mass is 10.1. The highest BCUT2D eigenvalue weighted by atomic mass is 16.1. The van der Waals surface area contributed by atoms with Crippen LogP contribution in [0.15, 0.2) is 6.20 Å². The number of rotatable bonds is 8. The molecule has 0 aliphatic carbocycles. The lowest BCUT2D eigenvalue weighted by Crippen LogP contribution is -2.34. The summed E-state index contributed by atoms with van der Waals surface area (Å²) in [5, 5.41) is 12.8. The summed E-state index contributed by atoms with van der Waals surface area (Å²) < 4.78 is 0. The molecule has 1 amide bonds. The van der Waals surface area contributed by atoms with E-state index in [0.717, 1.165) is 38.0 Å². The first-order valence-corrected chi connectivity index (χ1v) is 6.20. The van der Waals surface area contributed by atoms with Gasteiger partial charge >= 0.3 is 0 Å². The average molecular weight is 238 g/mol. The molecular formula is C12H22N4O. The van der Waals surface area contributed by atoms with Crippen molar-refractivity contribution in [2.45, 2.75) is 33.1 Å². The first kappa shape index (κ1) is 13.7. The van der Waals surface area contributed by atoms with Gasteiger partial charge < -0.3 is 10.6 Å². The van der Waals surface area contributed by atoms with E-state index < -0.39 is 0 Å². The number of carbonyl (C=O) groups is 1. The summed E-state index contributed by atoms with van der Waals surface area (Å²) in [4.78, 5) is 11.4. The van der Waals surface area contributed by atoms with E-state index in [1.165, 1.54) is 5.56 Å². The van der Waals surface area contributed by atoms with E-state index in [9.17, 15) is 4.79 Å². The molecule has 0 spiro atoms. The number of aryl methyl sites for hydroxylation is 2. The Bertz CT molecular complexity index is 335. The van der Waals surface area contributed by atoms with E-state index in [1.807, 2.05) is 13.1 Å². The van der Waals surface area contributed by atoms with Crippen LogP contribution >= 0.6 is 0 Å². The van der Waals surface area contributed by atoms with E-state index in [-0.39, 0.29) is 5.91 Å². The van der Waals surface area contributed by atoms with Crippen molar-refractivity contribution in [1.82, 2.24) is 20.8 Å². The highest BCUT2D eigenvalue weighted by molar-refractivity contribution is 5.77. The van der Waals surface area contributed by atoms with Crippen molar-refractivity contribution in [2.75, 3.05) is 19.6 Å². The van der Waals surface area contributed by atoms with Gasteiger partial charge in [-0.1, -0.05) is 6.92 Å². The van der Waals surface area contributed by atoms with Crippen LogP contribution in [0.1, 0.15) is 31.0 Å². The molecule has 5 nitrogen and oxygen atoms in total. The Hall–Kier alpha value is -1.36. The SMILES string of the molecule is CCCNCC(=O)NCCCc1cn[nH]c1C. The van der Waals surface area contributed by atoms with Crippen LogP contribution < -0.4 is 10.6 Å². The third kappa shape index (κ3) is 5.49. The monoisotopic (exact) mass is 238 g/mol. The number of carbonyl (C=O) groups excluding carboxylic acids is 1. The van der Waals surface area contributed by atoms with Crippen LogP contribution in [0.4, 0.5) is 0 Å². The summed E-state index contributed by atoms with van der Waals surface area (Å²) in [6.07, 6.45) is 4.79. The summed E-state index contributed by atoms with van der Waals surface area (Å²) in [7, 11) is 0. The molecule has 0 aliphatic heterocycles. The molecule has 0 saturated heterocycles. The number of amides is 1. The molecule has 0 aromatic carbocycles. The van der Waals surface area contributed by atoms with Crippen molar-refractivity contribution in [3.63, 3.8) is 0 Å². The molecule has 0 fully saturated rings. The Morgan fingerprint density at radius 1 is 1.47 bits per heavy atom. The van der Waals surface area contributed by atoms with E-state index >= 15 is 0 Å². The second-order valence-electron chi connectivity index (χ2n) is 4.15. The van der Waals surface area contributed by atoms with E-state index in [4.69, 9.17) is 0 Å². The highest BCUT2D eigenvalue weighted by Gasteiger charge is 2.01. The number of aromatic amines is 1. The van der Waals surface area contributed by atoms with Gasteiger partial charge in [0.15, 0.2) is 0 Å². The maximum atomic E-state index is 11.4. The number of H-pyrrole nitrogens is 1. The first-order chi connectivity index (χ1) is 8.24. The van der Waals surface area contributed by atoms with Crippen LogP contribution in [-0.4, -0.2) is 35.7 Å². The fraction of sp³-hybridized carbons (Fsp3) is 0.667. The van der Waals surface area contributed by atoms with Crippen molar-refractivity contribution >= 4 is 5.91 Å². The summed E-state index contributed by atoms with van der Waals surface area (Å²) in [6.45, 7) is 6.12. The van der Waals surface area contributed by atoms with Crippen molar-refractivity contribution in [3.8, 4) is 0 Å². The molecule has 1 aromatic heterocycles. The molecule has 96 valence electrons. The smallest absolute Gasteiger partial charge is 0.233 e. The molecule has 0 saturated carbocycles. The number of hydrogen-bond donors (Lipinski definition) is 3. The van der Waals surface area contributed by atoms with E-state index in [1.54, 1.807) is 0 Å². The second kappa shape index (κ2) is 7.84. The minimum absolute atomic E-state index is 0.0716. The Labute approximate surface area is 102 Å². The predicted molar refractivity (Wildman–Crippen MR) is 67.8 cm³/mol. The quantitative estimate of drug-likeness (QED) is 0.586. The van der Waals surface area contributed by atoms with Crippen molar-refractivity contribution in [3.05, 3.63) is 17.5 Å². The molecule has 1 heterocycles. The summed E-state index contributed by atoms with van der Waals surface area (Å²) in [6, 6.07) is 0. The molecule has 17 heavy (non-hydrogen) atoms. The molecule has 0 unspecified atom stereocenters. The minimum atomic E-state index is 0.0716. The first-order valence-electron chi connectivity index (χ1n) is 6.20. The summed E-state index contributed by atoms with van der Waals surface area (Å²) in [5.74, 6) is 0.0716. The maximum Gasteiger partial charge on any atom is 0.233 e. The van der Waals surface area contributed by atoms with Gasteiger partial charge in [-0.25, -0.2) is 0 Å². The van der Waals surface area contributed by atoms with Gasteiger partial charge in [0.05, 0.1) is 12.7 Å². The number of hydrogen-bond acceptors (Lipinski definition) is 3. The fourth-order valence-electron chi connectivity index (χ4n) is 1.58. The minimum Gasteiger partial charge on any atom is -0.355 e. The van der Waals surface area contributed by atoms with Crippen molar-refractivity contribution in [1.29, 1.82) is 0 Å². The predicted octanol–water partition coefficient (Wildman–Crippen LogP) is 0.767. The number of nitrogens with one attached hydrogen (secondary N) is 3. The molecular weight excluding hydrogens is 216 g/mol. The molecule has 1 aromatic rings. The molecule has 0 aliphatic rings. The molecule has 0 atom stereocenters. The van der Waals surface area contributed by atoms with Gasteiger partial charge in [0.1, 0.15) is 0 Å². The van der Waals surface area contributed by atoms with Crippen LogP contribution in [0.25, 0.3) is 0 Å². The van der Waals surface area contributed by atoms with E-state index in [0.29, 0.717) is 6.54 Å². The third-order valence-electron chi connectivity index (χ3n) is 2.59. The van der Waals surface area contributed by atoms with Crippen LogP contribution in [0.2, 0.25) is 0 Å².